The molecular formula is C16H12N6. The highest BCUT2D eigenvalue weighted by Gasteiger charge is 2.04. The van der Waals surface area contributed by atoms with Crippen LogP contribution >= 0.6 is 0 Å². The molecular weight excluding hydrogens is 276 g/mol. The minimum absolute atomic E-state index is 0.362. The number of para-hydroxylation sites is 1. The maximum Gasteiger partial charge on any atom is 0.227 e. The van der Waals surface area contributed by atoms with Gasteiger partial charge in [0.05, 0.1) is 11.9 Å². The van der Waals surface area contributed by atoms with Crippen molar-refractivity contribution in [3.8, 4) is 17.2 Å². The van der Waals surface area contributed by atoms with Crippen molar-refractivity contribution in [3.63, 3.8) is 0 Å². The second-order valence-electron chi connectivity index (χ2n) is 4.55. The Hall–Kier alpha value is -3.46. The lowest BCUT2D eigenvalue weighted by molar-refractivity contribution is 1.16. The quantitative estimate of drug-likeness (QED) is 0.719. The Kier molecular flexibility index (Phi) is 3.62. The maximum atomic E-state index is 8.71. The molecule has 0 spiro atoms. The van der Waals surface area contributed by atoms with E-state index in [4.69, 9.17) is 11.0 Å². The predicted octanol–water partition coefficient (Wildman–Crippen LogP) is 2.74. The Balaban J connectivity index is 1.79. The SMILES string of the molecule is N#Cc1ccc(Nc2ncc(-c3ccccc3N)cn2)cn1. The van der Waals surface area contributed by atoms with Gasteiger partial charge in [-0.05, 0) is 18.2 Å². The molecule has 0 unspecified atom stereocenters. The monoisotopic (exact) mass is 288 g/mol. The highest BCUT2D eigenvalue weighted by molar-refractivity contribution is 5.75. The molecule has 0 fully saturated rings. The van der Waals surface area contributed by atoms with Crippen LogP contribution in [-0.4, -0.2) is 15.0 Å². The molecule has 3 rings (SSSR count). The van der Waals surface area contributed by atoms with Crippen molar-refractivity contribution < 1.29 is 0 Å². The van der Waals surface area contributed by atoms with Gasteiger partial charge in [0.15, 0.2) is 0 Å². The summed E-state index contributed by atoms with van der Waals surface area (Å²) in [5.74, 6) is 0.449. The van der Waals surface area contributed by atoms with Gasteiger partial charge in [-0.2, -0.15) is 5.26 Å². The van der Waals surface area contributed by atoms with Crippen LogP contribution in [0, 0.1) is 11.3 Å². The predicted molar refractivity (Wildman–Crippen MR) is 84.1 cm³/mol. The Labute approximate surface area is 127 Å². The number of hydrogen-bond acceptors (Lipinski definition) is 6. The molecule has 22 heavy (non-hydrogen) atoms. The molecule has 6 nitrogen and oxygen atoms in total. The van der Waals surface area contributed by atoms with Crippen LogP contribution in [0.1, 0.15) is 5.69 Å². The number of hydrogen-bond donors (Lipinski definition) is 2. The number of anilines is 3. The van der Waals surface area contributed by atoms with E-state index < -0.39 is 0 Å². The van der Waals surface area contributed by atoms with Crippen LogP contribution in [-0.2, 0) is 0 Å². The van der Waals surface area contributed by atoms with Crippen molar-refractivity contribution in [2.45, 2.75) is 0 Å². The minimum atomic E-state index is 0.362. The Bertz CT molecular complexity index is 819. The fourth-order valence-corrected chi connectivity index (χ4v) is 1.95. The molecule has 0 saturated heterocycles. The fourth-order valence-electron chi connectivity index (χ4n) is 1.95. The van der Waals surface area contributed by atoms with E-state index in [0.717, 1.165) is 11.1 Å². The zero-order valence-electron chi connectivity index (χ0n) is 11.6. The third-order valence-electron chi connectivity index (χ3n) is 3.06. The molecule has 2 aromatic heterocycles. The number of nitrogens with one attached hydrogen (secondary N) is 1. The first-order valence-electron chi connectivity index (χ1n) is 6.56. The number of nitrogen functional groups attached to an aromatic ring is 1. The van der Waals surface area contributed by atoms with Crippen LogP contribution < -0.4 is 11.1 Å². The van der Waals surface area contributed by atoms with Gasteiger partial charge < -0.3 is 11.1 Å². The van der Waals surface area contributed by atoms with Crippen molar-refractivity contribution in [1.82, 2.24) is 15.0 Å². The van der Waals surface area contributed by atoms with Gasteiger partial charge in [0.2, 0.25) is 5.95 Å². The first kappa shape index (κ1) is 13.5. The molecule has 3 aromatic rings. The molecule has 0 bridgehead atoms. The first-order valence-corrected chi connectivity index (χ1v) is 6.56. The lowest BCUT2D eigenvalue weighted by Crippen LogP contribution is -1.98. The minimum Gasteiger partial charge on any atom is -0.398 e. The molecule has 106 valence electrons. The Morgan fingerprint density at radius 2 is 1.73 bits per heavy atom. The average molecular weight is 288 g/mol. The molecule has 0 atom stereocenters. The number of nitrogens with zero attached hydrogens (tertiary/aromatic N) is 4. The van der Waals surface area contributed by atoms with E-state index in [1.165, 1.54) is 0 Å². The standard InChI is InChI=1S/C16H12N6/c17-7-12-5-6-13(10-19-12)22-16-20-8-11(9-21-16)14-3-1-2-4-15(14)18/h1-6,8-10H,18H2,(H,20,21,22). The van der Waals surface area contributed by atoms with Crippen LogP contribution in [0.5, 0.6) is 0 Å². The van der Waals surface area contributed by atoms with E-state index in [1.54, 1.807) is 30.7 Å². The summed E-state index contributed by atoms with van der Waals surface area (Å²) in [6.07, 6.45) is 4.97. The molecule has 3 N–H and O–H groups in total. The maximum absolute atomic E-state index is 8.71. The molecule has 0 aliphatic carbocycles. The third-order valence-corrected chi connectivity index (χ3v) is 3.06. The van der Waals surface area contributed by atoms with Gasteiger partial charge in [-0.3, -0.25) is 0 Å². The van der Waals surface area contributed by atoms with Crippen LogP contribution in [0.15, 0.2) is 55.0 Å². The topological polar surface area (TPSA) is 101 Å². The van der Waals surface area contributed by atoms with Gasteiger partial charge in [-0.1, -0.05) is 18.2 Å². The zero-order chi connectivity index (χ0) is 15.4. The summed E-state index contributed by atoms with van der Waals surface area (Å²) in [7, 11) is 0. The van der Waals surface area contributed by atoms with Gasteiger partial charge in [0.25, 0.3) is 0 Å². The van der Waals surface area contributed by atoms with Crippen molar-refractivity contribution in [2.75, 3.05) is 11.1 Å². The summed E-state index contributed by atoms with van der Waals surface area (Å²) in [6, 6.07) is 12.9. The van der Waals surface area contributed by atoms with Crippen molar-refractivity contribution in [2.24, 2.45) is 0 Å². The lowest BCUT2D eigenvalue weighted by atomic mass is 10.1. The van der Waals surface area contributed by atoms with E-state index in [1.807, 2.05) is 30.3 Å². The fraction of sp³-hybridized carbons (Fsp3) is 0. The molecule has 6 heteroatoms. The molecule has 0 radical (unpaired) electrons. The van der Waals surface area contributed by atoms with Gasteiger partial charge in [-0.25, -0.2) is 15.0 Å². The zero-order valence-corrected chi connectivity index (χ0v) is 11.6. The Morgan fingerprint density at radius 1 is 0.955 bits per heavy atom. The van der Waals surface area contributed by atoms with Crippen LogP contribution in [0.2, 0.25) is 0 Å². The number of pyridine rings is 1. The van der Waals surface area contributed by atoms with Gasteiger partial charge in [0, 0.05) is 29.2 Å². The summed E-state index contributed by atoms with van der Waals surface area (Å²) >= 11 is 0. The molecule has 2 heterocycles. The van der Waals surface area contributed by atoms with E-state index in [0.29, 0.717) is 23.0 Å². The van der Waals surface area contributed by atoms with Crippen molar-refractivity contribution in [3.05, 3.63) is 60.7 Å². The normalized spacial score (nSPS) is 9.95. The van der Waals surface area contributed by atoms with E-state index in [2.05, 4.69) is 20.3 Å². The number of benzene rings is 1. The number of rotatable bonds is 3. The first-order chi connectivity index (χ1) is 10.8. The van der Waals surface area contributed by atoms with E-state index >= 15 is 0 Å². The Morgan fingerprint density at radius 3 is 2.36 bits per heavy atom. The van der Waals surface area contributed by atoms with Gasteiger partial charge in [-0.15, -0.1) is 0 Å². The lowest BCUT2D eigenvalue weighted by Gasteiger charge is -2.07. The molecule has 0 aliphatic rings. The van der Waals surface area contributed by atoms with Gasteiger partial charge >= 0.3 is 0 Å². The summed E-state index contributed by atoms with van der Waals surface area (Å²) in [5.41, 5.74) is 9.44. The van der Waals surface area contributed by atoms with E-state index in [-0.39, 0.29) is 0 Å². The highest BCUT2D eigenvalue weighted by Crippen LogP contribution is 2.24. The van der Waals surface area contributed by atoms with Crippen LogP contribution in [0.25, 0.3) is 11.1 Å². The number of nitriles is 1. The second kappa shape index (κ2) is 5.89. The van der Waals surface area contributed by atoms with Crippen molar-refractivity contribution >= 4 is 17.3 Å². The average Bonchev–Trinajstić information content (AvgIpc) is 2.57. The molecule has 0 amide bonds. The molecule has 0 aliphatic heterocycles. The second-order valence-corrected chi connectivity index (χ2v) is 4.55. The molecule has 0 saturated carbocycles. The van der Waals surface area contributed by atoms with E-state index in [9.17, 15) is 0 Å². The van der Waals surface area contributed by atoms with Crippen molar-refractivity contribution in [1.29, 1.82) is 5.26 Å². The summed E-state index contributed by atoms with van der Waals surface area (Å²) in [4.78, 5) is 12.5. The third kappa shape index (κ3) is 2.83. The summed E-state index contributed by atoms with van der Waals surface area (Å²) in [5, 5.41) is 11.7. The summed E-state index contributed by atoms with van der Waals surface area (Å²) in [6.45, 7) is 0. The summed E-state index contributed by atoms with van der Waals surface area (Å²) < 4.78 is 0. The van der Waals surface area contributed by atoms with Gasteiger partial charge in [0.1, 0.15) is 11.8 Å². The number of aromatic nitrogens is 3. The van der Waals surface area contributed by atoms with Crippen LogP contribution in [0.4, 0.5) is 17.3 Å². The number of nitrogens with two attached hydrogens (primary N) is 1. The highest BCUT2D eigenvalue weighted by atomic mass is 15.1. The smallest absolute Gasteiger partial charge is 0.227 e. The largest absolute Gasteiger partial charge is 0.398 e. The molecule has 1 aromatic carbocycles. The van der Waals surface area contributed by atoms with Crippen LogP contribution in [0.3, 0.4) is 0 Å².